The molecule has 1 heterocycles. The van der Waals surface area contributed by atoms with Crippen molar-refractivity contribution in [3.05, 3.63) is 35.7 Å². The Hall–Kier alpha value is -2.24. The van der Waals surface area contributed by atoms with Crippen LogP contribution in [0.5, 0.6) is 0 Å². The number of nitrogens with two attached hydrogens (primary N) is 2. The van der Waals surface area contributed by atoms with Crippen molar-refractivity contribution in [3.8, 4) is 0 Å². The fourth-order valence-electron chi connectivity index (χ4n) is 1.31. The van der Waals surface area contributed by atoms with Gasteiger partial charge in [-0.2, -0.15) is 0 Å². The molecule has 0 unspecified atom stereocenters. The van der Waals surface area contributed by atoms with Crippen LogP contribution in [0.25, 0.3) is 0 Å². The van der Waals surface area contributed by atoms with Crippen LogP contribution in [0.2, 0.25) is 0 Å². The maximum atomic E-state index is 5.62. The molecule has 0 bridgehead atoms. The number of nitrogens with zero attached hydrogens (tertiary/aromatic N) is 3. The quantitative estimate of drug-likeness (QED) is 0.652. The number of hydrogen-bond donors (Lipinski definition) is 3. The largest absolute Gasteiger partial charge is 0.378 e. The summed E-state index contributed by atoms with van der Waals surface area (Å²) < 4.78 is 1.27. The summed E-state index contributed by atoms with van der Waals surface area (Å²) in [5.41, 5.74) is 7.69. The van der Waals surface area contributed by atoms with Crippen molar-refractivity contribution in [2.45, 2.75) is 13.5 Å². The Balaban J connectivity index is 2.02. The number of nitrogen functional groups attached to an aromatic ring is 2. The highest BCUT2D eigenvalue weighted by molar-refractivity contribution is 5.44. The molecule has 1 aromatic carbocycles. The Morgan fingerprint density at radius 3 is 2.50 bits per heavy atom. The number of nitrogens with one attached hydrogen (secondary N) is 1. The Morgan fingerprint density at radius 2 is 1.94 bits per heavy atom. The van der Waals surface area contributed by atoms with E-state index < -0.39 is 0 Å². The van der Waals surface area contributed by atoms with Crippen molar-refractivity contribution >= 4 is 11.6 Å². The zero-order chi connectivity index (χ0) is 11.5. The lowest BCUT2D eigenvalue weighted by Crippen LogP contribution is -2.17. The summed E-state index contributed by atoms with van der Waals surface area (Å²) >= 11 is 0. The van der Waals surface area contributed by atoms with Crippen molar-refractivity contribution in [2.75, 3.05) is 16.9 Å². The lowest BCUT2D eigenvalue weighted by molar-refractivity contribution is 0.865. The Labute approximate surface area is 93.2 Å². The molecule has 0 aliphatic rings. The van der Waals surface area contributed by atoms with Crippen molar-refractivity contribution in [1.29, 1.82) is 0 Å². The number of hydrogen-bond acceptors (Lipinski definition) is 5. The number of rotatable bonds is 3. The van der Waals surface area contributed by atoms with Crippen LogP contribution in [0.1, 0.15) is 11.4 Å². The van der Waals surface area contributed by atoms with Crippen LogP contribution in [-0.4, -0.2) is 14.9 Å². The van der Waals surface area contributed by atoms with Gasteiger partial charge in [0.05, 0.1) is 6.54 Å². The van der Waals surface area contributed by atoms with E-state index >= 15 is 0 Å². The van der Waals surface area contributed by atoms with E-state index in [2.05, 4.69) is 15.5 Å². The van der Waals surface area contributed by atoms with Gasteiger partial charge in [0.15, 0.2) is 5.82 Å². The summed E-state index contributed by atoms with van der Waals surface area (Å²) in [5, 5.41) is 10.7. The molecule has 0 spiro atoms. The van der Waals surface area contributed by atoms with Crippen LogP contribution in [0.3, 0.4) is 0 Å². The van der Waals surface area contributed by atoms with E-state index in [0.717, 1.165) is 5.69 Å². The maximum absolute atomic E-state index is 5.62. The van der Waals surface area contributed by atoms with Crippen LogP contribution >= 0.6 is 0 Å². The fourth-order valence-corrected chi connectivity index (χ4v) is 1.31. The molecule has 0 aliphatic heterocycles. The Kier molecular flexibility index (Phi) is 2.63. The van der Waals surface area contributed by atoms with Crippen molar-refractivity contribution in [2.24, 2.45) is 0 Å². The molecular weight excluding hydrogens is 204 g/mol. The second-order valence-electron chi connectivity index (χ2n) is 3.56. The van der Waals surface area contributed by atoms with Crippen LogP contribution in [0, 0.1) is 6.92 Å². The highest BCUT2D eigenvalue weighted by atomic mass is 15.4. The molecule has 1 aromatic heterocycles. The molecule has 6 heteroatoms. The number of aromatic nitrogens is 3. The van der Waals surface area contributed by atoms with Crippen LogP contribution in [0.15, 0.2) is 24.3 Å². The molecule has 6 nitrogen and oxygen atoms in total. The first-order valence-electron chi connectivity index (χ1n) is 4.92. The molecule has 0 amide bonds. The van der Waals surface area contributed by atoms with Crippen LogP contribution < -0.4 is 16.9 Å². The molecule has 0 radical (unpaired) electrons. The van der Waals surface area contributed by atoms with Gasteiger partial charge in [-0.25, -0.2) is 4.68 Å². The van der Waals surface area contributed by atoms with Gasteiger partial charge in [0.25, 0.3) is 0 Å². The van der Waals surface area contributed by atoms with Crippen molar-refractivity contribution < 1.29 is 0 Å². The van der Waals surface area contributed by atoms with Gasteiger partial charge in [0.1, 0.15) is 0 Å². The SMILES string of the molecule is Cc1ccc(NCc2nnc(N)n2N)cc1. The minimum Gasteiger partial charge on any atom is -0.378 e. The molecule has 2 aromatic rings. The van der Waals surface area contributed by atoms with E-state index in [-0.39, 0.29) is 5.95 Å². The third kappa shape index (κ3) is 2.05. The molecule has 0 saturated heterocycles. The highest BCUT2D eigenvalue weighted by Crippen LogP contribution is 2.09. The van der Waals surface area contributed by atoms with E-state index in [1.807, 2.05) is 31.2 Å². The molecule has 16 heavy (non-hydrogen) atoms. The summed E-state index contributed by atoms with van der Waals surface area (Å²) in [4.78, 5) is 0. The smallest absolute Gasteiger partial charge is 0.240 e. The molecule has 84 valence electrons. The normalized spacial score (nSPS) is 10.3. The lowest BCUT2D eigenvalue weighted by Gasteiger charge is -2.05. The lowest BCUT2D eigenvalue weighted by atomic mass is 10.2. The van der Waals surface area contributed by atoms with Gasteiger partial charge in [-0.1, -0.05) is 17.7 Å². The van der Waals surface area contributed by atoms with Gasteiger partial charge in [-0.3, -0.25) is 0 Å². The highest BCUT2D eigenvalue weighted by Gasteiger charge is 2.05. The first-order valence-corrected chi connectivity index (χ1v) is 4.92. The van der Waals surface area contributed by atoms with Gasteiger partial charge in [-0.15, -0.1) is 10.2 Å². The second kappa shape index (κ2) is 4.09. The van der Waals surface area contributed by atoms with E-state index in [9.17, 15) is 0 Å². The zero-order valence-corrected chi connectivity index (χ0v) is 9.01. The van der Waals surface area contributed by atoms with Gasteiger partial charge in [0.2, 0.25) is 5.95 Å². The minimum absolute atomic E-state index is 0.209. The molecule has 2 rings (SSSR count). The predicted molar refractivity (Wildman–Crippen MR) is 63.1 cm³/mol. The molecular formula is C10H14N6. The van der Waals surface area contributed by atoms with Crippen molar-refractivity contribution in [1.82, 2.24) is 14.9 Å². The molecule has 0 fully saturated rings. The Bertz CT molecular complexity index is 473. The van der Waals surface area contributed by atoms with E-state index in [1.54, 1.807) is 0 Å². The average molecular weight is 218 g/mol. The maximum Gasteiger partial charge on any atom is 0.240 e. The van der Waals surface area contributed by atoms with Crippen LogP contribution in [-0.2, 0) is 6.54 Å². The summed E-state index contributed by atoms with van der Waals surface area (Å²) in [6.45, 7) is 2.53. The van der Waals surface area contributed by atoms with Gasteiger partial charge >= 0.3 is 0 Å². The third-order valence-electron chi connectivity index (χ3n) is 2.29. The van der Waals surface area contributed by atoms with E-state index in [4.69, 9.17) is 11.6 Å². The van der Waals surface area contributed by atoms with Crippen molar-refractivity contribution in [3.63, 3.8) is 0 Å². The molecule has 0 aliphatic carbocycles. The first-order chi connectivity index (χ1) is 7.66. The monoisotopic (exact) mass is 218 g/mol. The van der Waals surface area contributed by atoms with E-state index in [1.165, 1.54) is 10.2 Å². The minimum atomic E-state index is 0.209. The fraction of sp³-hybridized carbons (Fsp3) is 0.200. The summed E-state index contributed by atoms with van der Waals surface area (Å²) in [6.07, 6.45) is 0. The summed E-state index contributed by atoms with van der Waals surface area (Å²) in [6, 6.07) is 8.06. The zero-order valence-electron chi connectivity index (χ0n) is 9.01. The molecule has 0 saturated carbocycles. The number of benzene rings is 1. The number of aryl methyl sites for hydroxylation is 1. The van der Waals surface area contributed by atoms with Gasteiger partial charge < -0.3 is 16.9 Å². The standard InChI is InChI=1S/C10H14N6/c1-7-2-4-8(5-3-7)13-6-9-14-15-10(11)16(9)12/h2-5,13H,6,12H2,1H3,(H2,11,15). The van der Waals surface area contributed by atoms with Crippen LogP contribution in [0.4, 0.5) is 11.6 Å². The average Bonchev–Trinajstić information content (AvgIpc) is 2.60. The summed E-state index contributed by atoms with van der Waals surface area (Å²) in [7, 11) is 0. The predicted octanol–water partition coefficient (Wildman–Crippen LogP) is 0.495. The Morgan fingerprint density at radius 1 is 1.25 bits per heavy atom. The topological polar surface area (TPSA) is 94.8 Å². The van der Waals surface area contributed by atoms with Gasteiger partial charge in [0, 0.05) is 5.69 Å². The third-order valence-corrected chi connectivity index (χ3v) is 2.29. The first kappa shape index (κ1) is 10.3. The summed E-state index contributed by atoms with van der Waals surface area (Å²) in [5.74, 6) is 6.42. The molecule has 5 N–H and O–H groups in total. The second-order valence-corrected chi connectivity index (χ2v) is 3.56. The van der Waals surface area contributed by atoms with E-state index in [0.29, 0.717) is 12.4 Å². The number of anilines is 2. The van der Waals surface area contributed by atoms with Gasteiger partial charge in [-0.05, 0) is 19.1 Å². The molecule has 0 atom stereocenters.